The number of hydrogen-bond donors (Lipinski definition) is 1. The molecule has 18 heavy (non-hydrogen) atoms. The second-order valence-electron chi connectivity index (χ2n) is 3.82. The van der Waals surface area contributed by atoms with Gasteiger partial charge in [-0.25, -0.2) is 0 Å². The SMILES string of the molecule is O=Cc1ccc2c(c1)OCC(=O)N2CCC(=O)O. The highest BCUT2D eigenvalue weighted by Gasteiger charge is 2.25. The molecule has 6 heteroatoms. The molecule has 0 saturated heterocycles. The lowest BCUT2D eigenvalue weighted by molar-refractivity contribution is -0.136. The van der Waals surface area contributed by atoms with Crippen LogP contribution in [0.1, 0.15) is 16.8 Å². The normalized spacial score (nSPS) is 13.8. The summed E-state index contributed by atoms with van der Waals surface area (Å²) in [5.41, 5.74) is 0.944. The van der Waals surface area contributed by atoms with E-state index in [0.29, 0.717) is 23.3 Å². The molecular weight excluding hydrogens is 238 g/mol. The van der Waals surface area contributed by atoms with E-state index in [4.69, 9.17) is 9.84 Å². The smallest absolute Gasteiger partial charge is 0.305 e. The molecule has 0 fully saturated rings. The Morgan fingerprint density at radius 3 is 2.94 bits per heavy atom. The summed E-state index contributed by atoms with van der Waals surface area (Å²) in [5, 5.41) is 8.65. The lowest BCUT2D eigenvalue weighted by atomic mass is 10.1. The van der Waals surface area contributed by atoms with Crippen LogP contribution in [0.15, 0.2) is 18.2 Å². The molecule has 0 unspecified atom stereocenters. The molecule has 0 radical (unpaired) electrons. The number of anilines is 1. The molecule has 0 spiro atoms. The fourth-order valence-corrected chi connectivity index (χ4v) is 1.75. The third-order valence-electron chi connectivity index (χ3n) is 2.61. The Bertz CT molecular complexity index is 511. The number of carbonyl (C=O) groups excluding carboxylic acids is 2. The quantitative estimate of drug-likeness (QED) is 0.794. The van der Waals surface area contributed by atoms with Crippen molar-refractivity contribution >= 4 is 23.9 Å². The molecule has 1 amide bonds. The number of hydrogen-bond acceptors (Lipinski definition) is 4. The molecule has 1 heterocycles. The minimum absolute atomic E-state index is 0.0883. The van der Waals surface area contributed by atoms with E-state index in [1.54, 1.807) is 12.1 Å². The highest BCUT2D eigenvalue weighted by atomic mass is 16.5. The maximum Gasteiger partial charge on any atom is 0.305 e. The minimum atomic E-state index is -0.972. The predicted octanol–water partition coefficient (Wildman–Crippen LogP) is 0.699. The number of fused-ring (bicyclic) bond motifs is 1. The van der Waals surface area contributed by atoms with Gasteiger partial charge in [0.2, 0.25) is 0 Å². The van der Waals surface area contributed by atoms with Crippen LogP contribution in [0.5, 0.6) is 5.75 Å². The molecule has 6 nitrogen and oxygen atoms in total. The molecule has 1 aliphatic rings. The van der Waals surface area contributed by atoms with Crippen molar-refractivity contribution in [2.45, 2.75) is 6.42 Å². The van der Waals surface area contributed by atoms with Crippen LogP contribution < -0.4 is 9.64 Å². The van der Waals surface area contributed by atoms with Crippen molar-refractivity contribution in [3.63, 3.8) is 0 Å². The summed E-state index contributed by atoms with van der Waals surface area (Å²) >= 11 is 0. The molecule has 1 aromatic rings. The highest BCUT2D eigenvalue weighted by Crippen LogP contribution is 2.32. The van der Waals surface area contributed by atoms with E-state index in [1.807, 2.05) is 0 Å². The van der Waals surface area contributed by atoms with Crippen molar-refractivity contribution in [3.8, 4) is 5.75 Å². The maximum atomic E-state index is 11.7. The summed E-state index contributed by atoms with van der Waals surface area (Å²) in [6, 6.07) is 4.67. The fourth-order valence-electron chi connectivity index (χ4n) is 1.75. The molecule has 1 aromatic carbocycles. The lowest BCUT2D eigenvalue weighted by Gasteiger charge is -2.29. The van der Waals surface area contributed by atoms with Crippen molar-refractivity contribution < 1.29 is 24.2 Å². The fraction of sp³-hybridized carbons (Fsp3) is 0.250. The van der Waals surface area contributed by atoms with E-state index in [0.717, 1.165) is 0 Å². The Morgan fingerprint density at radius 1 is 1.50 bits per heavy atom. The molecule has 2 rings (SSSR count). The standard InChI is InChI=1S/C12H11NO5/c14-6-8-1-2-9-10(5-8)18-7-11(15)13(9)4-3-12(16)17/h1-2,5-6H,3-4,7H2,(H,16,17). The van der Waals surface area contributed by atoms with Crippen molar-refractivity contribution in [1.82, 2.24) is 0 Å². The number of nitrogens with zero attached hydrogens (tertiary/aromatic N) is 1. The largest absolute Gasteiger partial charge is 0.482 e. The molecule has 0 saturated carbocycles. The average Bonchev–Trinajstić information content (AvgIpc) is 2.36. The third kappa shape index (κ3) is 2.32. The number of aliphatic carboxylic acids is 1. The van der Waals surface area contributed by atoms with Gasteiger partial charge in [0.05, 0.1) is 12.1 Å². The van der Waals surface area contributed by atoms with E-state index >= 15 is 0 Å². The first kappa shape index (κ1) is 12.1. The van der Waals surface area contributed by atoms with Gasteiger partial charge in [0, 0.05) is 12.1 Å². The van der Waals surface area contributed by atoms with E-state index in [9.17, 15) is 14.4 Å². The van der Waals surface area contributed by atoms with Gasteiger partial charge < -0.3 is 14.7 Å². The van der Waals surface area contributed by atoms with E-state index in [2.05, 4.69) is 0 Å². The van der Waals surface area contributed by atoms with Crippen LogP contribution in [0.4, 0.5) is 5.69 Å². The Balaban J connectivity index is 2.29. The summed E-state index contributed by atoms with van der Waals surface area (Å²) < 4.78 is 5.22. The number of amides is 1. The third-order valence-corrected chi connectivity index (χ3v) is 2.61. The number of carboxylic acids is 1. The van der Waals surface area contributed by atoms with Gasteiger partial charge in [-0.05, 0) is 18.2 Å². The summed E-state index contributed by atoms with van der Waals surface area (Å²) in [6.07, 6.45) is 0.544. The first-order valence-corrected chi connectivity index (χ1v) is 5.36. The van der Waals surface area contributed by atoms with Crippen LogP contribution >= 0.6 is 0 Å². The molecular formula is C12H11NO5. The number of aldehydes is 1. The van der Waals surface area contributed by atoms with Gasteiger partial charge in [0.15, 0.2) is 6.61 Å². The van der Waals surface area contributed by atoms with Crippen LogP contribution in [-0.4, -0.2) is 36.4 Å². The minimum Gasteiger partial charge on any atom is -0.482 e. The average molecular weight is 249 g/mol. The van der Waals surface area contributed by atoms with Gasteiger partial charge >= 0.3 is 5.97 Å². The molecule has 1 N–H and O–H groups in total. The van der Waals surface area contributed by atoms with Crippen LogP contribution in [-0.2, 0) is 9.59 Å². The van der Waals surface area contributed by atoms with Gasteiger partial charge in [-0.15, -0.1) is 0 Å². The first-order chi connectivity index (χ1) is 8.61. The van der Waals surface area contributed by atoms with Crippen LogP contribution in [0.2, 0.25) is 0 Å². The summed E-state index contributed by atoms with van der Waals surface area (Å²) in [4.78, 5) is 34.2. The van der Waals surface area contributed by atoms with Crippen LogP contribution in [0, 0.1) is 0 Å². The second-order valence-corrected chi connectivity index (χ2v) is 3.82. The summed E-state index contributed by atoms with van der Waals surface area (Å²) in [7, 11) is 0. The molecule has 0 atom stereocenters. The van der Waals surface area contributed by atoms with Gasteiger partial charge in [0.25, 0.3) is 5.91 Å². The number of carbonyl (C=O) groups is 3. The molecule has 0 bridgehead atoms. The van der Waals surface area contributed by atoms with Crippen molar-refractivity contribution in [3.05, 3.63) is 23.8 Å². The van der Waals surface area contributed by atoms with Gasteiger partial charge in [0.1, 0.15) is 12.0 Å². The van der Waals surface area contributed by atoms with E-state index in [1.165, 1.54) is 11.0 Å². The predicted molar refractivity (Wildman–Crippen MR) is 61.9 cm³/mol. The van der Waals surface area contributed by atoms with Crippen molar-refractivity contribution in [2.75, 3.05) is 18.1 Å². The van der Waals surface area contributed by atoms with E-state index < -0.39 is 5.97 Å². The molecule has 0 aliphatic carbocycles. The maximum absolute atomic E-state index is 11.7. The van der Waals surface area contributed by atoms with Crippen molar-refractivity contribution in [1.29, 1.82) is 0 Å². The topological polar surface area (TPSA) is 83.9 Å². The first-order valence-electron chi connectivity index (χ1n) is 5.36. The van der Waals surface area contributed by atoms with Crippen LogP contribution in [0.3, 0.4) is 0 Å². The zero-order chi connectivity index (χ0) is 13.1. The van der Waals surface area contributed by atoms with Crippen LogP contribution in [0.25, 0.3) is 0 Å². The number of carboxylic acid groups (broad SMARTS) is 1. The summed E-state index contributed by atoms with van der Waals surface area (Å²) in [6.45, 7) is -0.0557. The van der Waals surface area contributed by atoms with Gasteiger partial charge in [-0.2, -0.15) is 0 Å². The highest BCUT2D eigenvalue weighted by molar-refractivity contribution is 5.98. The lowest BCUT2D eigenvalue weighted by Crippen LogP contribution is -2.40. The Labute approximate surface area is 103 Å². The Kier molecular flexibility index (Phi) is 3.27. The number of rotatable bonds is 4. The monoisotopic (exact) mass is 249 g/mol. The molecule has 0 aromatic heterocycles. The van der Waals surface area contributed by atoms with Gasteiger partial charge in [-0.3, -0.25) is 14.4 Å². The van der Waals surface area contributed by atoms with Crippen molar-refractivity contribution in [2.24, 2.45) is 0 Å². The zero-order valence-electron chi connectivity index (χ0n) is 9.46. The van der Waals surface area contributed by atoms with E-state index in [-0.39, 0.29) is 25.5 Å². The molecule has 94 valence electrons. The Morgan fingerprint density at radius 2 is 2.28 bits per heavy atom. The summed E-state index contributed by atoms with van der Waals surface area (Å²) in [5.74, 6) is -0.840. The van der Waals surface area contributed by atoms with Gasteiger partial charge in [-0.1, -0.05) is 0 Å². The second kappa shape index (κ2) is 4.87. The Hall–Kier alpha value is -2.37. The zero-order valence-corrected chi connectivity index (χ0v) is 9.46. The number of ether oxygens (including phenoxy) is 1. The molecule has 1 aliphatic heterocycles. The number of benzene rings is 1.